The van der Waals surface area contributed by atoms with Gasteiger partial charge in [0.25, 0.3) is 0 Å². The number of hydrogen-bond donors (Lipinski definition) is 6. The van der Waals surface area contributed by atoms with Crippen LogP contribution < -0.4 is 5.32 Å². The number of ether oxygens (including phenoxy) is 2. The maximum atomic E-state index is 13.1. The van der Waals surface area contributed by atoms with E-state index in [0.717, 1.165) is 38.5 Å². The predicted molar refractivity (Wildman–Crippen MR) is 369 cm³/mol. The van der Waals surface area contributed by atoms with Gasteiger partial charge in [0.2, 0.25) is 5.91 Å². The van der Waals surface area contributed by atoms with Crippen LogP contribution in [0, 0.1) is 0 Å². The van der Waals surface area contributed by atoms with E-state index in [-0.39, 0.29) is 12.5 Å². The highest BCUT2D eigenvalue weighted by Gasteiger charge is 2.44. The topological polar surface area (TPSA) is 149 Å². The molecule has 508 valence electrons. The van der Waals surface area contributed by atoms with Crippen molar-refractivity contribution in [2.75, 3.05) is 13.2 Å². The number of allylic oxidation sites excluding steroid dienone is 5. The van der Waals surface area contributed by atoms with Gasteiger partial charge in [0, 0.05) is 6.42 Å². The number of amides is 1. The Kier molecular flexibility index (Phi) is 63.6. The van der Waals surface area contributed by atoms with E-state index in [1.807, 2.05) is 6.08 Å². The Morgan fingerprint density at radius 3 is 0.977 bits per heavy atom. The number of hydrogen-bond acceptors (Lipinski definition) is 8. The number of nitrogens with one attached hydrogen (secondary N) is 1. The standard InChI is InChI=1S/C77H147NO8/c1-3-5-7-9-11-13-15-17-19-21-23-25-27-29-31-33-34-35-36-37-38-39-41-43-45-47-49-51-53-55-57-59-61-63-65-67-73(81)78-70(69-85-77-76(84)75(83)74(82)72(68-79)86-77)71(80)66-64-62-60-58-56-54-52-50-48-46-44-42-40-32-30-28-26-24-22-20-18-16-14-12-10-8-6-4-2/h21,23,56,58,64,66,70-72,74-77,79-80,82-84H,3-20,22,24-55,57,59-63,65,67-69H2,1-2H3,(H,78,81)/b23-21-,58-56+,66-64+. The Balaban J connectivity index is 2.09. The zero-order valence-corrected chi connectivity index (χ0v) is 57.1. The second kappa shape index (κ2) is 66.3. The molecule has 1 heterocycles. The van der Waals surface area contributed by atoms with Crippen molar-refractivity contribution in [3.05, 3.63) is 36.5 Å². The van der Waals surface area contributed by atoms with Crippen molar-refractivity contribution in [2.24, 2.45) is 0 Å². The summed E-state index contributed by atoms with van der Waals surface area (Å²) in [6, 6.07) is -0.822. The monoisotopic (exact) mass is 1210 g/mol. The summed E-state index contributed by atoms with van der Waals surface area (Å²) in [6.45, 7) is 3.82. The Morgan fingerprint density at radius 2 is 0.663 bits per heavy atom. The number of unbranched alkanes of at least 4 members (excludes halogenated alkanes) is 54. The van der Waals surface area contributed by atoms with E-state index < -0.39 is 49.5 Å². The van der Waals surface area contributed by atoms with Crippen LogP contribution in [0.3, 0.4) is 0 Å². The molecule has 0 bridgehead atoms. The smallest absolute Gasteiger partial charge is 0.220 e. The molecule has 6 N–H and O–H groups in total. The van der Waals surface area contributed by atoms with Crippen LogP contribution in [0.5, 0.6) is 0 Å². The Morgan fingerprint density at radius 1 is 0.384 bits per heavy atom. The second-order valence-electron chi connectivity index (χ2n) is 26.8. The van der Waals surface area contributed by atoms with E-state index in [1.165, 1.54) is 334 Å². The summed E-state index contributed by atoms with van der Waals surface area (Å²) in [4.78, 5) is 13.1. The summed E-state index contributed by atoms with van der Waals surface area (Å²) in [5, 5.41) is 54.8. The van der Waals surface area contributed by atoms with Crippen molar-refractivity contribution in [3.63, 3.8) is 0 Å². The highest BCUT2D eigenvalue weighted by molar-refractivity contribution is 5.76. The third-order valence-corrected chi connectivity index (χ3v) is 18.4. The molecule has 9 nitrogen and oxygen atoms in total. The fraction of sp³-hybridized carbons (Fsp3) is 0.909. The van der Waals surface area contributed by atoms with Crippen LogP contribution in [0.1, 0.15) is 393 Å². The molecule has 1 aliphatic rings. The van der Waals surface area contributed by atoms with Crippen molar-refractivity contribution >= 4 is 5.91 Å². The van der Waals surface area contributed by atoms with Crippen LogP contribution in [-0.2, 0) is 14.3 Å². The first kappa shape index (κ1) is 82.4. The van der Waals surface area contributed by atoms with Gasteiger partial charge in [-0.3, -0.25) is 4.79 Å². The van der Waals surface area contributed by atoms with Gasteiger partial charge in [-0.05, 0) is 57.8 Å². The lowest BCUT2D eigenvalue weighted by atomic mass is 9.99. The van der Waals surface area contributed by atoms with Crippen LogP contribution in [0.4, 0.5) is 0 Å². The van der Waals surface area contributed by atoms with Gasteiger partial charge >= 0.3 is 0 Å². The molecule has 1 rings (SSSR count). The average molecular weight is 1220 g/mol. The maximum Gasteiger partial charge on any atom is 0.220 e. The molecular formula is C77H147NO8. The molecule has 86 heavy (non-hydrogen) atoms. The number of carbonyl (C=O) groups is 1. The zero-order chi connectivity index (χ0) is 62.1. The van der Waals surface area contributed by atoms with E-state index >= 15 is 0 Å². The van der Waals surface area contributed by atoms with Crippen molar-refractivity contribution < 1.29 is 39.8 Å². The van der Waals surface area contributed by atoms with E-state index in [1.54, 1.807) is 6.08 Å². The minimum atomic E-state index is -1.57. The van der Waals surface area contributed by atoms with E-state index in [2.05, 4.69) is 43.5 Å². The third kappa shape index (κ3) is 54.2. The quantitative estimate of drug-likeness (QED) is 0.0261. The summed E-state index contributed by atoms with van der Waals surface area (Å²) < 4.78 is 11.3. The van der Waals surface area contributed by atoms with E-state index in [0.29, 0.717) is 6.42 Å². The van der Waals surface area contributed by atoms with Gasteiger partial charge in [-0.15, -0.1) is 0 Å². The fourth-order valence-corrected chi connectivity index (χ4v) is 12.5. The van der Waals surface area contributed by atoms with Gasteiger partial charge in [0.1, 0.15) is 24.4 Å². The molecule has 1 aliphatic heterocycles. The highest BCUT2D eigenvalue weighted by atomic mass is 16.7. The second-order valence-corrected chi connectivity index (χ2v) is 26.8. The van der Waals surface area contributed by atoms with Crippen molar-refractivity contribution in [1.29, 1.82) is 0 Å². The molecule has 0 aliphatic carbocycles. The first-order valence-electron chi connectivity index (χ1n) is 38.2. The molecule has 9 heteroatoms. The SMILES string of the molecule is CCCCCCCCCC/C=C\CCCCCCCCCCCCCCCCCCCCCCCCCC(=O)NC(COC1OC(CO)C(O)C(O)C1O)C(O)/C=C/CC/C=C/CCCCCCCCCCCCCCCCCCCCCCCC. The molecule has 7 unspecified atom stereocenters. The van der Waals surface area contributed by atoms with Crippen LogP contribution >= 0.6 is 0 Å². The molecule has 1 saturated heterocycles. The van der Waals surface area contributed by atoms with Gasteiger partial charge < -0.3 is 40.3 Å². The lowest BCUT2D eigenvalue weighted by molar-refractivity contribution is -0.302. The molecule has 1 amide bonds. The first-order chi connectivity index (χ1) is 42.3. The van der Waals surface area contributed by atoms with Gasteiger partial charge in [0.05, 0.1) is 25.4 Å². The fourth-order valence-electron chi connectivity index (χ4n) is 12.5. The van der Waals surface area contributed by atoms with Crippen molar-refractivity contribution in [3.8, 4) is 0 Å². The summed E-state index contributed by atoms with van der Waals surface area (Å²) in [6.07, 6.45) is 82.9. The molecule has 1 fully saturated rings. The van der Waals surface area contributed by atoms with Gasteiger partial charge in [0.15, 0.2) is 6.29 Å². The minimum absolute atomic E-state index is 0.178. The van der Waals surface area contributed by atoms with Crippen LogP contribution in [-0.4, -0.2) is 87.5 Å². The minimum Gasteiger partial charge on any atom is -0.394 e. The van der Waals surface area contributed by atoms with Crippen molar-refractivity contribution in [2.45, 2.75) is 436 Å². The molecule has 0 saturated carbocycles. The van der Waals surface area contributed by atoms with Crippen molar-refractivity contribution in [1.82, 2.24) is 5.32 Å². The third-order valence-electron chi connectivity index (χ3n) is 18.4. The van der Waals surface area contributed by atoms with Crippen LogP contribution in [0.15, 0.2) is 36.5 Å². The normalized spacial score (nSPS) is 18.2. The molecular weight excluding hydrogens is 1070 g/mol. The average Bonchev–Trinajstić information content (AvgIpc) is 3.65. The largest absolute Gasteiger partial charge is 0.394 e. The molecule has 0 radical (unpaired) electrons. The molecule has 7 atom stereocenters. The first-order valence-corrected chi connectivity index (χ1v) is 38.2. The number of aliphatic hydroxyl groups is 5. The number of rotatable bonds is 68. The highest BCUT2D eigenvalue weighted by Crippen LogP contribution is 2.24. The Labute approximate surface area is 533 Å². The van der Waals surface area contributed by atoms with Gasteiger partial charge in [-0.25, -0.2) is 0 Å². The van der Waals surface area contributed by atoms with E-state index in [9.17, 15) is 30.3 Å². The molecule has 0 spiro atoms. The summed E-state index contributed by atoms with van der Waals surface area (Å²) >= 11 is 0. The number of carbonyl (C=O) groups excluding carboxylic acids is 1. The molecule has 0 aromatic carbocycles. The predicted octanol–water partition coefficient (Wildman–Crippen LogP) is 21.4. The maximum absolute atomic E-state index is 13.1. The van der Waals surface area contributed by atoms with E-state index in [4.69, 9.17) is 9.47 Å². The zero-order valence-electron chi connectivity index (χ0n) is 57.1. The molecule has 0 aromatic heterocycles. The van der Waals surface area contributed by atoms with Crippen LogP contribution in [0.2, 0.25) is 0 Å². The Hall–Kier alpha value is -1.59. The Bertz CT molecular complexity index is 1450. The van der Waals surface area contributed by atoms with Crippen LogP contribution in [0.25, 0.3) is 0 Å². The van der Waals surface area contributed by atoms with Gasteiger partial charge in [-0.2, -0.15) is 0 Å². The summed E-state index contributed by atoms with van der Waals surface area (Å²) in [5.74, 6) is -0.178. The summed E-state index contributed by atoms with van der Waals surface area (Å²) in [5.41, 5.74) is 0. The summed E-state index contributed by atoms with van der Waals surface area (Å²) in [7, 11) is 0. The lowest BCUT2D eigenvalue weighted by Gasteiger charge is -2.40. The van der Waals surface area contributed by atoms with Gasteiger partial charge in [-0.1, -0.05) is 365 Å². The lowest BCUT2D eigenvalue weighted by Crippen LogP contribution is -2.60. The number of aliphatic hydroxyl groups excluding tert-OH is 5. The molecule has 0 aromatic rings.